The zero-order valence-corrected chi connectivity index (χ0v) is 12.1. The van der Waals surface area contributed by atoms with Gasteiger partial charge in [0.15, 0.2) is 0 Å². The highest BCUT2D eigenvalue weighted by molar-refractivity contribution is 5.94. The molecule has 0 fully saturated rings. The molecule has 112 valence electrons. The third-order valence-electron chi connectivity index (χ3n) is 2.78. The lowest BCUT2D eigenvalue weighted by Gasteiger charge is -2.02. The molecule has 0 aliphatic rings. The smallest absolute Gasteiger partial charge is 0.255 e. The molecule has 1 heterocycles. The first kappa shape index (κ1) is 15.5. The van der Waals surface area contributed by atoms with Crippen molar-refractivity contribution in [3.63, 3.8) is 0 Å². The van der Waals surface area contributed by atoms with Crippen molar-refractivity contribution in [1.82, 2.24) is 10.3 Å². The minimum atomic E-state index is -0.553. The van der Waals surface area contributed by atoms with E-state index >= 15 is 0 Å². The van der Waals surface area contributed by atoms with Crippen molar-refractivity contribution in [3.05, 3.63) is 59.7 Å². The Kier molecular flexibility index (Phi) is 5.50. The average molecular weight is 298 g/mol. The fourth-order valence-electron chi connectivity index (χ4n) is 1.64. The summed E-state index contributed by atoms with van der Waals surface area (Å²) in [5.41, 5.74) is 0.917. The maximum Gasteiger partial charge on any atom is 0.255 e. The van der Waals surface area contributed by atoms with E-state index in [-0.39, 0.29) is 18.7 Å². The molecule has 0 radical (unpaired) electrons. The van der Waals surface area contributed by atoms with Crippen LogP contribution in [0.5, 0.6) is 5.75 Å². The number of pyridine rings is 1. The fraction of sp³-hybridized carbons (Fsp3) is 0.176. The highest BCUT2D eigenvalue weighted by Crippen LogP contribution is 2.07. The molecule has 5 heteroatoms. The number of benzene rings is 1. The number of amides is 1. The number of nitrogens with zero attached hydrogens (tertiary/aromatic N) is 1. The molecule has 0 aliphatic heterocycles. The van der Waals surface area contributed by atoms with Gasteiger partial charge in [0.1, 0.15) is 18.2 Å². The molecule has 4 nitrogen and oxygen atoms in total. The molecule has 0 aliphatic carbocycles. The Morgan fingerprint density at radius 2 is 2.09 bits per heavy atom. The maximum atomic E-state index is 13.4. The number of hydrogen-bond acceptors (Lipinski definition) is 3. The van der Waals surface area contributed by atoms with E-state index < -0.39 is 11.7 Å². The number of aryl methyl sites for hydroxylation is 1. The molecule has 0 bridgehead atoms. The van der Waals surface area contributed by atoms with Crippen LogP contribution in [0, 0.1) is 24.6 Å². The second-order valence-electron chi connectivity index (χ2n) is 4.44. The van der Waals surface area contributed by atoms with Crippen molar-refractivity contribution in [2.75, 3.05) is 13.2 Å². The van der Waals surface area contributed by atoms with Crippen molar-refractivity contribution in [2.45, 2.75) is 6.92 Å². The van der Waals surface area contributed by atoms with Crippen LogP contribution < -0.4 is 10.1 Å². The lowest BCUT2D eigenvalue weighted by atomic mass is 10.2. The Bertz CT molecular complexity index is 703. The summed E-state index contributed by atoms with van der Waals surface area (Å²) in [4.78, 5) is 15.8. The minimum Gasteiger partial charge on any atom is -0.479 e. The molecular formula is C17H15FN2O2. The number of nitrogens with one attached hydrogen (secondary N) is 1. The van der Waals surface area contributed by atoms with Crippen LogP contribution in [0.4, 0.5) is 4.39 Å². The quantitative estimate of drug-likeness (QED) is 0.882. The summed E-state index contributed by atoms with van der Waals surface area (Å²) >= 11 is 0. The minimum absolute atomic E-state index is 0.00581. The summed E-state index contributed by atoms with van der Waals surface area (Å²) in [5.74, 6) is 5.09. The normalized spacial score (nSPS) is 9.55. The van der Waals surface area contributed by atoms with Crippen LogP contribution >= 0.6 is 0 Å². The monoisotopic (exact) mass is 298 g/mol. The van der Waals surface area contributed by atoms with E-state index in [4.69, 9.17) is 4.74 Å². The van der Waals surface area contributed by atoms with Gasteiger partial charge in [-0.15, -0.1) is 0 Å². The standard InChI is InChI=1S/C17H15FN2O2/c1-13-8-9-14(12-20-13)22-11-5-4-10-19-17(21)15-6-2-3-7-16(15)18/h2-3,6-9,12H,10-11H2,1H3,(H,19,21). The third-order valence-corrected chi connectivity index (χ3v) is 2.78. The van der Waals surface area contributed by atoms with Gasteiger partial charge in [0, 0.05) is 5.69 Å². The number of ether oxygens (including phenoxy) is 1. The highest BCUT2D eigenvalue weighted by atomic mass is 19.1. The van der Waals surface area contributed by atoms with Crippen molar-refractivity contribution in [1.29, 1.82) is 0 Å². The van der Waals surface area contributed by atoms with Gasteiger partial charge < -0.3 is 10.1 Å². The van der Waals surface area contributed by atoms with Gasteiger partial charge in [-0.3, -0.25) is 9.78 Å². The second kappa shape index (κ2) is 7.79. The Morgan fingerprint density at radius 1 is 1.27 bits per heavy atom. The lowest BCUT2D eigenvalue weighted by molar-refractivity contribution is 0.0954. The van der Waals surface area contributed by atoms with E-state index in [9.17, 15) is 9.18 Å². The van der Waals surface area contributed by atoms with Crippen molar-refractivity contribution < 1.29 is 13.9 Å². The SMILES string of the molecule is Cc1ccc(OCC#CCNC(=O)c2ccccc2F)cn1. The Balaban J connectivity index is 1.74. The first-order chi connectivity index (χ1) is 10.7. The van der Waals surface area contributed by atoms with E-state index in [1.807, 2.05) is 19.1 Å². The number of carbonyl (C=O) groups excluding carboxylic acids is 1. The average Bonchev–Trinajstić information content (AvgIpc) is 2.52. The highest BCUT2D eigenvalue weighted by Gasteiger charge is 2.08. The summed E-state index contributed by atoms with van der Waals surface area (Å²) in [5, 5.41) is 2.53. The van der Waals surface area contributed by atoms with Gasteiger partial charge in [-0.05, 0) is 31.2 Å². The summed E-state index contributed by atoms with van der Waals surface area (Å²) in [7, 11) is 0. The van der Waals surface area contributed by atoms with Crippen molar-refractivity contribution in [3.8, 4) is 17.6 Å². The summed E-state index contributed by atoms with van der Waals surface area (Å²) in [6.45, 7) is 2.21. The Hall–Kier alpha value is -2.87. The van der Waals surface area contributed by atoms with E-state index in [2.05, 4.69) is 22.1 Å². The molecule has 2 rings (SSSR count). The molecule has 1 aromatic heterocycles. The van der Waals surface area contributed by atoms with Gasteiger partial charge in [-0.2, -0.15) is 0 Å². The largest absolute Gasteiger partial charge is 0.479 e. The van der Waals surface area contributed by atoms with Crippen LogP contribution in [0.15, 0.2) is 42.6 Å². The predicted octanol–water partition coefficient (Wildman–Crippen LogP) is 2.34. The molecule has 0 atom stereocenters. The van der Waals surface area contributed by atoms with Crippen LogP contribution in [0.25, 0.3) is 0 Å². The van der Waals surface area contributed by atoms with Crippen LogP contribution in [-0.2, 0) is 0 Å². The second-order valence-corrected chi connectivity index (χ2v) is 4.44. The van der Waals surface area contributed by atoms with Crippen LogP contribution in [0.2, 0.25) is 0 Å². The van der Waals surface area contributed by atoms with E-state index in [1.54, 1.807) is 12.3 Å². The van der Waals surface area contributed by atoms with Crippen LogP contribution in [-0.4, -0.2) is 24.0 Å². The molecule has 0 saturated carbocycles. The number of halogens is 1. The summed E-state index contributed by atoms with van der Waals surface area (Å²) in [6.07, 6.45) is 1.62. The zero-order valence-electron chi connectivity index (χ0n) is 12.1. The molecular weight excluding hydrogens is 283 g/mol. The number of aromatic nitrogens is 1. The topological polar surface area (TPSA) is 51.2 Å². The van der Waals surface area contributed by atoms with E-state index in [0.717, 1.165) is 5.69 Å². The fourth-order valence-corrected chi connectivity index (χ4v) is 1.64. The van der Waals surface area contributed by atoms with Gasteiger partial charge in [0.2, 0.25) is 0 Å². The predicted molar refractivity (Wildman–Crippen MR) is 81.0 cm³/mol. The van der Waals surface area contributed by atoms with Crippen molar-refractivity contribution in [2.24, 2.45) is 0 Å². The van der Waals surface area contributed by atoms with Crippen LogP contribution in [0.1, 0.15) is 16.1 Å². The molecule has 2 aromatic rings. The molecule has 0 unspecified atom stereocenters. The number of hydrogen-bond donors (Lipinski definition) is 1. The summed E-state index contributed by atoms with van der Waals surface area (Å²) < 4.78 is 18.7. The molecule has 1 aromatic carbocycles. The molecule has 0 saturated heterocycles. The van der Waals surface area contributed by atoms with Gasteiger partial charge in [-0.25, -0.2) is 4.39 Å². The van der Waals surface area contributed by atoms with Crippen molar-refractivity contribution >= 4 is 5.91 Å². The maximum absolute atomic E-state index is 13.4. The molecule has 1 N–H and O–H groups in total. The first-order valence-electron chi connectivity index (χ1n) is 6.71. The molecule has 22 heavy (non-hydrogen) atoms. The van der Waals surface area contributed by atoms with Gasteiger partial charge in [-0.1, -0.05) is 24.0 Å². The first-order valence-corrected chi connectivity index (χ1v) is 6.71. The Morgan fingerprint density at radius 3 is 2.82 bits per heavy atom. The number of rotatable bonds is 4. The van der Waals surface area contributed by atoms with Gasteiger partial charge >= 0.3 is 0 Å². The zero-order chi connectivity index (χ0) is 15.8. The Labute approximate surface area is 128 Å². The molecule has 0 spiro atoms. The third kappa shape index (κ3) is 4.60. The van der Waals surface area contributed by atoms with E-state index in [0.29, 0.717) is 5.75 Å². The van der Waals surface area contributed by atoms with E-state index in [1.165, 1.54) is 18.2 Å². The van der Waals surface area contributed by atoms with Gasteiger partial charge in [0.05, 0.1) is 18.3 Å². The number of carbonyl (C=O) groups is 1. The lowest BCUT2D eigenvalue weighted by Crippen LogP contribution is -2.24. The summed E-state index contributed by atoms with van der Waals surface area (Å²) in [6, 6.07) is 9.45. The van der Waals surface area contributed by atoms with Gasteiger partial charge in [0.25, 0.3) is 5.91 Å². The molecule has 1 amide bonds. The van der Waals surface area contributed by atoms with Crippen LogP contribution in [0.3, 0.4) is 0 Å².